The molecule has 0 saturated heterocycles. The maximum atomic E-state index is 5.80. The molecule has 88 valence electrons. The number of anilines is 2. The van der Waals surface area contributed by atoms with Crippen LogP contribution in [0.3, 0.4) is 0 Å². The molecule has 1 saturated carbocycles. The molecule has 0 unspecified atom stereocenters. The van der Waals surface area contributed by atoms with Gasteiger partial charge in [-0.1, -0.05) is 0 Å². The van der Waals surface area contributed by atoms with Crippen molar-refractivity contribution in [2.24, 2.45) is 0 Å². The molecular formula is C13H20N2O. The molecule has 3 heteroatoms. The standard InChI is InChI=1S/C13H20N2O/c1-3-16-13-7-12(8-13)15-11-5-9(2)4-10(14)6-11/h4-6,12-13,15H,3,7-8,14H2,1-2H3. The first-order chi connectivity index (χ1) is 7.67. The summed E-state index contributed by atoms with van der Waals surface area (Å²) in [4.78, 5) is 0. The molecule has 1 fully saturated rings. The van der Waals surface area contributed by atoms with Crippen molar-refractivity contribution in [1.29, 1.82) is 0 Å². The minimum absolute atomic E-state index is 0.449. The van der Waals surface area contributed by atoms with E-state index in [4.69, 9.17) is 10.5 Å². The molecule has 2 rings (SSSR count). The third-order valence-corrected chi connectivity index (χ3v) is 2.97. The van der Waals surface area contributed by atoms with Crippen molar-refractivity contribution < 1.29 is 4.74 Å². The van der Waals surface area contributed by atoms with Gasteiger partial charge in [-0.25, -0.2) is 0 Å². The Morgan fingerprint density at radius 2 is 2.12 bits per heavy atom. The maximum absolute atomic E-state index is 5.80. The first-order valence-corrected chi connectivity index (χ1v) is 5.92. The fourth-order valence-electron chi connectivity index (χ4n) is 2.19. The number of ether oxygens (including phenoxy) is 1. The Morgan fingerprint density at radius 1 is 1.38 bits per heavy atom. The molecule has 1 aromatic carbocycles. The Kier molecular flexibility index (Phi) is 3.34. The van der Waals surface area contributed by atoms with Crippen molar-refractivity contribution in [2.75, 3.05) is 17.7 Å². The van der Waals surface area contributed by atoms with Crippen LogP contribution < -0.4 is 11.1 Å². The summed E-state index contributed by atoms with van der Waals surface area (Å²) in [5.41, 5.74) is 8.95. The molecule has 0 amide bonds. The smallest absolute Gasteiger partial charge is 0.0614 e. The summed E-state index contributed by atoms with van der Waals surface area (Å²) in [7, 11) is 0. The lowest BCUT2D eigenvalue weighted by atomic mass is 9.89. The molecule has 3 nitrogen and oxygen atoms in total. The monoisotopic (exact) mass is 220 g/mol. The first-order valence-electron chi connectivity index (χ1n) is 5.92. The van der Waals surface area contributed by atoms with Crippen LogP contribution in [0.25, 0.3) is 0 Å². The van der Waals surface area contributed by atoms with Crippen LogP contribution in [0.5, 0.6) is 0 Å². The minimum Gasteiger partial charge on any atom is -0.399 e. The topological polar surface area (TPSA) is 47.3 Å². The summed E-state index contributed by atoms with van der Waals surface area (Å²) in [6.45, 7) is 4.92. The molecular weight excluding hydrogens is 200 g/mol. The number of benzene rings is 1. The van der Waals surface area contributed by atoms with Crippen molar-refractivity contribution >= 4 is 11.4 Å². The first kappa shape index (κ1) is 11.3. The average molecular weight is 220 g/mol. The molecule has 0 heterocycles. The zero-order valence-corrected chi connectivity index (χ0v) is 9.99. The van der Waals surface area contributed by atoms with Gasteiger partial charge in [0.2, 0.25) is 0 Å². The van der Waals surface area contributed by atoms with Gasteiger partial charge >= 0.3 is 0 Å². The lowest BCUT2D eigenvalue weighted by molar-refractivity contribution is 0.00299. The van der Waals surface area contributed by atoms with Gasteiger partial charge in [-0.2, -0.15) is 0 Å². The van der Waals surface area contributed by atoms with Gasteiger partial charge in [0.05, 0.1) is 6.10 Å². The van der Waals surface area contributed by atoms with Gasteiger partial charge in [0, 0.05) is 24.0 Å². The van der Waals surface area contributed by atoms with Crippen LogP contribution in [0.4, 0.5) is 11.4 Å². The van der Waals surface area contributed by atoms with Gasteiger partial charge in [0.15, 0.2) is 0 Å². The summed E-state index contributed by atoms with van der Waals surface area (Å²) < 4.78 is 5.53. The van der Waals surface area contributed by atoms with E-state index >= 15 is 0 Å². The molecule has 0 aromatic heterocycles. The summed E-state index contributed by atoms with van der Waals surface area (Å²) in [5, 5.41) is 3.49. The predicted octanol–water partition coefficient (Wildman–Crippen LogP) is 2.56. The van der Waals surface area contributed by atoms with Gasteiger partial charge in [-0.15, -0.1) is 0 Å². The second-order valence-electron chi connectivity index (χ2n) is 4.52. The zero-order chi connectivity index (χ0) is 11.5. The highest BCUT2D eigenvalue weighted by Crippen LogP contribution is 2.27. The Hall–Kier alpha value is -1.22. The van der Waals surface area contributed by atoms with Crippen LogP contribution in [0.1, 0.15) is 25.3 Å². The quantitative estimate of drug-likeness (QED) is 0.767. The summed E-state index contributed by atoms with van der Waals surface area (Å²) >= 11 is 0. The van der Waals surface area contributed by atoms with Crippen LogP contribution in [-0.4, -0.2) is 18.8 Å². The number of rotatable bonds is 4. The van der Waals surface area contributed by atoms with Gasteiger partial charge in [0.1, 0.15) is 0 Å². The van der Waals surface area contributed by atoms with E-state index in [-0.39, 0.29) is 0 Å². The molecule has 3 N–H and O–H groups in total. The van der Waals surface area contributed by atoms with E-state index in [1.54, 1.807) is 0 Å². The SMILES string of the molecule is CCOC1CC(Nc2cc(C)cc(N)c2)C1. The molecule has 1 aliphatic rings. The van der Waals surface area contributed by atoms with Gasteiger partial charge in [-0.05, 0) is 50.5 Å². The molecule has 1 aliphatic carbocycles. The fraction of sp³-hybridized carbons (Fsp3) is 0.538. The number of hydrogen-bond donors (Lipinski definition) is 2. The van der Waals surface area contributed by atoms with E-state index in [2.05, 4.69) is 18.3 Å². The normalized spacial score (nSPS) is 23.9. The Labute approximate surface area is 97.0 Å². The van der Waals surface area contributed by atoms with E-state index in [0.717, 1.165) is 30.8 Å². The molecule has 1 aromatic rings. The second kappa shape index (κ2) is 4.74. The number of nitrogen functional groups attached to an aromatic ring is 1. The summed E-state index contributed by atoms with van der Waals surface area (Å²) in [6, 6.07) is 6.64. The van der Waals surface area contributed by atoms with Gasteiger partial charge < -0.3 is 15.8 Å². The van der Waals surface area contributed by atoms with E-state index in [9.17, 15) is 0 Å². The van der Waals surface area contributed by atoms with Crippen molar-refractivity contribution in [3.63, 3.8) is 0 Å². The average Bonchev–Trinajstić information content (AvgIpc) is 2.13. The largest absolute Gasteiger partial charge is 0.399 e. The minimum atomic E-state index is 0.449. The molecule has 16 heavy (non-hydrogen) atoms. The summed E-state index contributed by atoms with van der Waals surface area (Å²) in [5.74, 6) is 0. The third kappa shape index (κ3) is 2.67. The van der Waals surface area contributed by atoms with Crippen LogP contribution in [0.15, 0.2) is 18.2 Å². The highest BCUT2D eigenvalue weighted by molar-refractivity contribution is 5.57. The van der Waals surface area contributed by atoms with Crippen LogP contribution in [-0.2, 0) is 4.74 Å². The van der Waals surface area contributed by atoms with E-state index in [1.807, 2.05) is 19.1 Å². The lowest BCUT2D eigenvalue weighted by Gasteiger charge is -2.36. The summed E-state index contributed by atoms with van der Waals surface area (Å²) in [6.07, 6.45) is 2.65. The highest BCUT2D eigenvalue weighted by Gasteiger charge is 2.29. The molecule has 0 radical (unpaired) electrons. The van der Waals surface area contributed by atoms with E-state index in [0.29, 0.717) is 12.1 Å². The van der Waals surface area contributed by atoms with Crippen molar-refractivity contribution in [1.82, 2.24) is 0 Å². The van der Waals surface area contributed by atoms with Crippen molar-refractivity contribution in [3.05, 3.63) is 23.8 Å². The Bertz CT molecular complexity index is 339. The van der Waals surface area contributed by atoms with Crippen LogP contribution in [0, 0.1) is 6.92 Å². The zero-order valence-electron chi connectivity index (χ0n) is 9.99. The number of hydrogen-bond acceptors (Lipinski definition) is 3. The van der Waals surface area contributed by atoms with E-state index in [1.165, 1.54) is 5.56 Å². The van der Waals surface area contributed by atoms with Crippen molar-refractivity contribution in [2.45, 2.75) is 38.8 Å². The van der Waals surface area contributed by atoms with Crippen molar-refractivity contribution in [3.8, 4) is 0 Å². The number of nitrogens with one attached hydrogen (secondary N) is 1. The molecule has 0 spiro atoms. The number of nitrogens with two attached hydrogens (primary N) is 1. The number of aryl methyl sites for hydroxylation is 1. The van der Waals surface area contributed by atoms with Crippen LogP contribution >= 0.6 is 0 Å². The van der Waals surface area contributed by atoms with Gasteiger partial charge in [0.25, 0.3) is 0 Å². The fourth-order valence-corrected chi connectivity index (χ4v) is 2.19. The third-order valence-electron chi connectivity index (χ3n) is 2.97. The predicted molar refractivity (Wildman–Crippen MR) is 67.7 cm³/mol. The molecule has 0 atom stereocenters. The van der Waals surface area contributed by atoms with Crippen LogP contribution in [0.2, 0.25) is 0 Å². The Balaban J connectivity index is 1.86. The molecule has 0 aliphatic heterocycles. The lowest BCUT2D eigenvalue weighted by Crippen LogP contribution is -2.40. The van der Waals surface area contributed by atoms with E-state index < -0.39 is 0 Å². The molecule has 0 bridgehead atoms. The van der Waals surface area contributed by atoms with Gasteiger partial charge in [-0.3, -0.25) is 0 Å². The maximum Gasteiger partial charge on any atom is 0.0614 e. The second-order valence-corrected chi connectivity index (χ2v) is 4.52. The Morgan fingerprint density at radius 3 is 2.75 bits per heavy atom. The highest BCUT2D eigenvalue weighted by atomic mass is 16.5.